The summed E-state index contributed by atoms with van der Waals surface area (Å²) in [5.74, 6) is 3.04. The molecule has 0 atom stereocenters. The fourth-order valence-electron chi connectivity index (χ4n) is 2.68. The summed E-state index contributed by atoms with van der Waals surface area (Å²) in [6.45, 7) is 4.62. The number of hydrogen-bond acceptors (Lipinski definition) is 2. The van der Waals surface area contributed by atoms with Crippen molar-refractivity contribution >= 4 is 0 Å². The quantitative estimate of drug-likeness (QED) is 0.794. The molecule has 3 nitrogen and oxygen atoms in total. The molecule has 17 heavy (non-hydrogen) atoms. The van der Waals surface area contributed by atoms with Crippen LogP contribution in [0.25, 0.3) is 0 Å². The van der Waals surface area contributed by atoms with Gasteiger partial charge in [0.1, 0.15) is 5.82 Å². The Morgan fingerprint density at radius 2 is 2.12 bits per heavy atom. The minimum atomic E-state index is 0.910. The summed E-state index contributed by atoms with van der Waals surface area (Å²) in [5.41, 5.74) is 0. The highest BCUT2D eigenvalue weighted by molar-refractivity contribution is 4.91. The molecule has 1 aliphatic rings. The second kappa shape index (κ2) is 6.20. The Hall–Kier alpha value is -0.830. The third kappa shape index (κ3) is 3.84. The van der Waals surface area contributed by atoms with E-state index in [4.69, 9.17) is 0 Å². The lowest BCUT2D eigenvalue weighted by atomic mass is 9.83. The number of hydrogen-bond donors (Lipinski definition) is 1. The van der Waals surface area contributed by atoms with Gasteiger partial charge in [-0.2, -0.15) is 0 Å². The Morgan fingerprint density at radius 1 is 1.35 bits per heavy atom. The van der Waals surface area contributed by atoms with E-state index >= 15 is 0 Å². The summed E-state index contributed by atoms with van der Waals surface area (Å²) in [7, 11) is 2.06. The van der Waals surface area contributed by atoms with Gasteiger partial charge in [0.2, 0.25) is 0 Å². The molecule has 3 heteroatoms. The van der Waals surface area contributed by atoms with Crippen LogP contribution in [0.4, 0.5) is 0 Å². The first kappa shape index (κ1) is 12.6. The summed E-state index contributed by atoms with van der Waals surface area (Å²) in [6.07, 6.45) is 10.6. The van der Waals surface area contributed by atoms with Crippen LogP contribution < -0.4 is 5.32 Å². The van der Waals surface area contributed by atoms with Crippen LogP contribution in [0.2, 0.25) is 0 Å². The summed E-state index contributed by atoms with van der Waals surface area (Å²) in [6, 6.07) is 0. The van der Waals surface area contributed by atoms with Gasteiger partial charge in [0.05, 0.1) is 0 Å². The molecule has 1 heterocycles. The SMILES string of the molecule is CC1CCC(CNCCc2nccn2C)CC1. The first-order valence-electron chi connectivity index (χ1n) is 6.92. The highest BCUT2D eigenvalue weighted by Crippen LogP contribution is 2.27. The van der Waals surface area contributed by atoms with E-state index in [1.807, 2.05) is 12.4 Å². The standard InChI is InChI=1S/C14H25N3/c1-12-3-5-13(6-4-12)11-15-8-7-14-16-9-10-17(14)2/h9-10,12-13,15H,3-8,11H2,1-2H3. The first-order chi connectivity index (χ1) is 8.25. The summed E-state index contributed by atoms with van der Waals surface area (Å²) in [5, 5.41) is 3.58. The zero-order valence-corrected chi connectivity index (χ0v) is 11.2. The Morgan fingerprint density at radius 3 is 2.76 bits per heavy atom. The lowest BCUT2D eigenvalue weighted by Gasteiger charge is -2.26. The van der Waals surface area contributed by atoms with Crippen molar-refractivity contribution in [2.24, 2.45) is 18.9 Å². The monoisotopic (exact) mass is 235 g/mol. The highest BCUT2D eigenvalue weighted by atomic mass is 15.0. The van der Waals surface area contributed by atoms with Crippen LogP contribution in [-0.2, 0) is 13.5 Å². The van der Waals surface area contributed by atoms with Gasteiger partial charge < -0.3 is 9.88 Å². The molecule has 1 fully saturated rings. The number of nitrogens with zero attached hydrogens (tertiary/aromatic N) is 2. The Bertz CT molecular complexity index is 324. The van der Waals surface area contributed by atoms with Gasteiger partial charge in [-0.05, 0) is 31.2 Å². The molecule has 0 spiro atoms. The predicted molar refractivity (Wildman–Crippen MR) is 70.9 cm³/mol. The fourth-order valence-corrected chi connectivity index (χ4v) is 2.68. The van der Waals surface area contributed by atoms with Crippen LogP contribution >= 0.6 is 0 Å². The Balaban J connectivity index is 1.59. The molecule has 1 aromatic heterocycles. The van der Waals surface area contributed by atoms with Crippen molar-refractivity contribution in [1.29, 1.82) is 0 Å². The number of aryl methyl sites for hydroxylation is 1. The van der Waals surface area contributed by atoms with Crippen LogP contribution in [0.1, 0.15) is 38.4 Å². The van der Waals surface area contributed by atoms with Crippen LogP contribution in [0.5, 0.6) is 0 Å². The molecule has 0 saturated heterocycles. The normalized spacial score (nSPS) is 25.1. The van der Waals surface area contributed by atoms with Crippen LogP contribution in [0.15, 0.2) is 12.4 Å². The van der Waals surface area contributed by atoms with Crippen molar-refractivity contribution in [1.82, 2.24) is 14.9 Å². The summed E-state index contributed by atoms with van der Waals surface area (Å²) in [4.78, 5) is 4.33. The zero-order chi connectivity index (χ0) is 12.1. The van der Waals surface area contributed by atoms with Gasteiger partial charge >= 0.3 is 0 Å². The smallest absolute Gasteiger partial charge is 0.109 e. The zero-order valence-electron chi connectivity index (χ0n) is 11.2. The number of imidazole rings is 1. The van der Waals surface area contributed by atoms with Crippen molar-refractivity contribution in [3.8, 4) is 0 Å². The molecule has 1 N–H and O–H groups in total. The Kier molecular flexibility index (Phi) is 4.60. The van der Waals surface area contributed by atoms with E-state index < -0.39 is 0 Å². The van der Waals surface area contributed by atoms with Gasteiger partial charge in [-0.25, -0.2) is 4.98 Å². The number of nitrogens with one attached hydrogen (secondary N) is 1. The lowest BCUT2D eigenvalue weighted by molar-refractivity contribution is 0.282. The van der Waals surface area contributed by atoms with Gasteiger partial charge in [-0.15, -0.1) is 0 Å². The molecule has 2 rings (SSSR count). The maximum absolute atomic E-state index is 4.33. The minimum Gasteiger partial charge on any atom is -0.338 e. The lowest BCUT2D eigenvalue weighted by Crippen LogP contribution is -2.28. The van der Waals surface area contributed by atoms with E-state index in [0.29, 0.717) is 0 Å². The average molecular weight is 235 g/mol. The molecule has 0 aliphatic heterocycles. The van der Waals surface area contributed by atoms with E-state index in [2.05, 4.69) is 28.8 Å². The molecule has 96 valence electrons. The molecule has 0 radical (unpaired) electrons. The third-order valence-electron chi connectivity index (χ3n) is 4.01. The molecular weight excluding hydrogens is 210 g/mol. The first-order valence-corrected chi connectivity index (χ1v) is 6.92. The Labute approximate surface area is 105 Å². The van der Waals surface area contributed by atoms with Crippen molar-refractivity contribution < 1.29 is 0 Å². The predicted octanol–water partition coefficient (Wildman–Crippen LogP) is 2.38. The molecular formula is C14H25N3. The van der Waals surface area contributed by atoms with Gasteiger partial charge in [-0.3, -0.25) is 0 Å². The molecule has 0 bridgehead atoms. The molecule has 1 aromatic rings. The van der Waals surface area contributed by atoms with E-state index in [1.165, 1.54) is 38.1 Å². The van der Waals surface area contributed by atoms with E-state index in [9.17, 15) is 0 Å². The minimum absolute atomic E-state index is 0.910. The molecule has 1 aliphatic carbocycles. The molecule has 0 unspecified atom stereocenters. The van der Waals surface area contributed by atoms with Gasteiger partial charge in [0.25, 0.3) is 0 Å². The highest BCUT2D eigenvalue weighted by Gasteiger charge is 2.17. The summed E-state index contributed by atoms with van der Waals surface area (Å²) < 4.78 is 2.10. The van der Waals surface area contributed by atoms with Crippen molar-refractivity contribution in [3.05, 3.63) is 18.2 Å². The van der Waals surface area contributed by atoms with Crippen LogP contribution in [0.3, 0.4) is 0 Å². The van der Waals surface area contributed by atoms with Crippen molar-refractivity contribution in [3.63, 3.8) is 0 Å². The van der Waals surface area contributed by atoms with E-state index in [1.54, 1.807) is 0 Å². The average Bonchev–Trinajstić information content (AvgIpc) is 2.73. The topological polar surface area (TPSA) is 29.9 Å². The van der Waals surface area contributed by atoms with Gasteiger partial charge in [0.15, 0.2) is 0 Å². The molecule has 1 saturated carbocycles. The van der Waals surface area contributed by atoms with Gasteiger partial charge in [-0.1, -0.05) is 19.8 Å². The molecule has 0 aromatic carbocycles. The number of aromatic nitrogens is 2. The maximum Gasteiger partial charge on any atom is 0.109 e. The fraction of sp³-hybridized carbons (Fsp3) is 0.786. The second-order valence-corrected chi connectivity index (χ2v) is 5.53. The van der Waals surface area contributed by atoms with Crippen molar-refractivity contribution in [2.45, 2.75) is 39.0 Å². The van der Waals surface area contributed by atoms with E-state index in [-0.39, 0.29) is 0 Å². The van der Waals surface area contributed by atoms with E-state index in [0.717, 1.165) is 24.8 Å². The maximum atomic E-state index is 4.33. The summed E-state index contributed by atoms with van der Waals surface area (Å²) >= 11 is 0. The van der Waals surface area contributed by atoms with Crippen LogP contribution in [0, 0.1) is 11.8 Å². The van der Waals surface area contributed by atoms with Crippen LogP contribution in [-0.4, -0.2) is 22.6 Å². The second-order valence-electron chi connectivity index (χ2n) is 5.53. The molecule has 0 amide bonds. The number of rotatable bonds is 5. The van der Waals surface area contributed by atoms with Crippen molar-refractivity contribution in [2.75, 3.05) is 13.1 Å². The third-order valence-corrected chi connectivity index (χ3v) is 4.01. The largest absolute Gasteiger partial charge is 0.338 e. The van der Waals surface area contributed by atoms with Gasteiger partial charge in [0, 0.05) is 32.4 Å².